The molecule has 0 aliphatic carbocycles. The molecule has 1 aromatic rings. The Morgan fingerprint density at radius 3 is 2.81 bits per heavy atom. The molecular weight excluding hydrogens is 196 g/mol. The van der Waals surface area contributed by atoms with E-state index in [4.69, 9.17) is 0 Å². The number of rotatable bonds is 5. The van der Waals surface area contributed by atoms with Gasteiger partial charge in [0.1, 0.15) is 0 Å². The van der Waals surface area contributed by atoms with Gasteiger partial charge in [-0.3, -0.25) is 0 Å². The van der Waals surface area contributed by atoms with Gasteiger partial charge >= 0.3 is 0 Å². The maximum absolute atomic E-state index is 4.11. The molecule has 1 heterocycles. The van der Waals surface area contributed by atoms with E-state index in [1.54, 1.807) is 12.3 Å². The Morgan fingerprint density at radius 2 is 2.25 bits per heavy atom. The lowest BCUT2D eigenvalue weighted by Gasteiger charge is -2.06. The molecule has 0 N–H and O–H groups in total. The smallest absolute Gasteiger partial charge is 0.0932 e. The zero-order valence-corrected chi connectivity index (χ0v) is 9.98. The summed E-state index contributed by atoms with van der Waals surface area (Å²) in [6.45, 7) is 11.9. The zero-order valence-electron chi connectivity index (χ0n) is 9.98. The second kappa shape index (κ2) is 6.01. The lowest BCUT2D eigenvalue weighted by Crippen LogP contribution is -1.94. The minimum absolute atomic E-state index is 0.516. The minimum atomic E-state index is 0.516. The molecule has 16 heavy (non-hydrogen) atoms. The highest BCUT2D eigenvalue weighted by Gasteiger charge is 2.03. The molecule has 2 nitrogen and oxygen atoms in total. The Hall–Kier alpha value is -1.70. The highest BCUT2D eigenvalue weighted by atomic mass is 15.1. The van der Waals surface area contributed by atoms with Gasteiger partial charge in [0, 0.05) is 0 Å². The van der Waals surface area contributed by atoms with Gasteiger partial charge in [-0.15, -0.1) is 0 Å². The van der Waals surface area contributed by atoms with Crippen LogP contribution in [0.4, 0.5) is 0 Å². The first-order valence-electron chi connectivity index (χ1n) is 5.51. The summed E-state index contributed by atoms with van der Waals surface area (Å²) < 4.78 is 0. The number of hydrogen-bond acceptors (Lipinski definition) is 2. The predicted molar refractivity (Wildman–Crippen MR) is 69.8 cm³/mol. The Bertz CT molecular complexity index is 405. The standard InChI is InChI=1S/C14H18N2/c1-5-11(4)8-13(7-3)14-9-12(6-2)10-15-16-14/h6-11H,2-3,5H2,1,4H3. The van der Waals surface area contributed by atoms with Crippen LogP contribution in [0.5, 0.6) is 0 Å². The Balaban J connectivity index is 3.08. The summed E-state index contributed by atoms with van der Waals surface area (Å²) in [6, 6.07) is 1.97. The largest absolute Gasteiger partial charge is 0.158 e. The summed E-state index contributed by atoms with van der Waals surface area (Å²) in [6.07, 6.45) is 8.56. The van der Waals surface area contributed by atoms with Crippen molar-refractivity contribution in [3.63, 3.8) is 0 Å². The first kappa shape index (κ1) is 12.4. The first-order chi connectivity index (χ1) is 7.71. The molecule has 0 radical (unpaired) electrons. The number of nitrogens with zero attached hydrogens (tertiary/aromatic N) is 2. The number of hydrogen-bond donors (Lipinski definition) is 0. The minimum Gasteiger partial charge on any atom is -0.158 e. The van der Waals surface area contributed by atoms with Crippen LogP contribution in [-0.2, 0) is 0 Å². The highest BCUT2D eigenvalue weighted by molar-refractivity contribution is 5.72. The number of allylic oxidation sites excluding steroid dienone is 3. The van der Waals surface area contributed by atoms with E-state index in [9.17, 15) is 0 Å². The van der Waals surface area contributed by atoms with Gasteiger partial charge in [0.05, 0.1) is 11.9 Å². The Labute approximate surface area is 97.4 Å². The third-order valence-corrected chi connectivity index (χ3v) is 2.54. The van der Waals surface area contributed by atoms with Gasteiger partial charge in [-0.05, 0) is 23.1 Å². The van der Waals surface area contributed by atoms with Crippen LogP contribution in [0.15, 0.2) is 37.6 Å². The van der Waals surface area contributed by atoms with Crippen molar-refractivity contribution < 1.29 is 0 Å². The van der Waals surface area contributed by atoms with Crippen LogP contribution < -0.4 is 0 Å². The number of aromatic nitrogens is 2. The summed E-state index contributed by atoms with van der Waals surface area (Å²) in [7, 11) is 0. The Kier molecular flexibility index (Phi) is 4.65. The van der Waals surface area contributed by atoms with E-state index in [0.717, 1.165) is 23.3 Å². The van der Waals surface area contributed by atoms with Crippen LogP contribution in [0.3, 0.4) is 0 Å². The van der Waals surface area contributed by atoms with Crippen LogP contribution in [0.1, 0.15) is 31.5 Å². The topological polar surface area (TPSA) is 25.8 Å². The van der Waals surface area contributed by atoms with Crippen molar-refractivity contribution in [2.45, 2.75) is 20.3 Å². The lowest BCUT2D eigenvalue weighted by molar-refractivity contribution is 0.699. The van der Waals surface area contributed by atoms with Crippen LogP contribution in [0.2, 0.25) is 0 Å². The van der Waals surface area contributed by atoms with Crippen molar-refractivity contribution in [1.29, 1.82) is 0 Å². The van der Waals surface area contributed by atoms with Crippen LogP contribution in [-0.4, -0.2) is 10.2 Å². The molecule has 0 aliphatic heterocycles. The summed E-state index contributed by atoms with van der Waals surface area (Å²) in [5.74, 6) is 0.516. The molecule has 0 saturated carbocycles. The van der Waals surface area contributed by atoms with Crippen LogP contribution in [0.25, 0.3) is 11.6 Å². The monoisotopic (exact) mass is 214 g/mol. The van der Waals surface area contributed by atoms with Crippen LogP contribution in [0, 0.1) is 5.92 Å². The van der Waals surface area contributed by atoms with Crippen molar-refractivity contribution in [2.75, 3.05) is 0 Å². The lowest BCUT2D eigenvalue weighted by atomic mass is 10.0. The van der Waals surface area contributed by atoms with E-state index in [-0.39, 0.29) is 0 Å². The molecule has 2 heteroatoms. The molecule has 0 amide bonds. The normalized spacial score (nSPS) is 13.2. The summed E-state index contributed by atoms with van der Waals surface area (Å²) in [4.78, 5) is 0. The molecule has 1 unspecified atom stereocenters. The summed E-state index contributed by atoms with van der Waals surface area (Å²) in [5.41, 5.74) is 2.86. The van der Waals surface area contributed by atoms with Crippen molar-refractivity contribution in [1.82, 2.24) is 10.2 Å². The van der Waals surface area contributed by atoms with Gasteiger partial charge in [-0.25, -0.2) is 0 Å². The average molecular weight is 214 g/mol. The molecule has 0 aliphatic rings. The van der Waals surface area contributed by atoms with Gasteiger partial charge in [0.25, 0.3) is 0 Å². The maximum atomic E-state index is 4.11. The molecule has 0 bridgehead atoms. The fourth-order valence-corrected chi connectivity index (χ4v) is 1.32. The molecule has 84 valence electrons. The average Bonchev–Trinajstić information content (AvgIpc) is 2.35. The van der Waals surface area contributed by atoms with E-state index >= 15 is 0 Å². The predicted octanol–water partition coefficient (Wildman–Crippen LogP) is 3.74. The van der Waals surface area contributed by atoms with Crippen molar-refractivity contribution in [2.24, 2.45) is 5.92 Å². The fraction of sp³-hybridized carbons (Fsp3) is 0.286. The van der Waals surface area contributed by atoms with Crippen molar-refractivity contribution in [3.8, 4) is 0 Å². The van der Waals surface area contributed by atoms with Crippen molar-refractivity contribution in [3.05, 3.63) is 48.8 Å². The third kappa shape index (κ3) is 3.16. The molecular formula is C14H18N2. The Morgan fingerprint density at radius 1 is 1.50 bits per heavy atom. The molecule has 1 aromatic heterocycles. The third-order valence-electron chi connectivity index (χ3n) is 2.54. The maximum Gasteiger partial charge on any atom is 0.0932 e. The highest BCUT2D eigenvalue weighted by Crippen LogP contribution is 2.17. The summed E-state index contributed by atoms with van der Waals surface area (Å²) >= 11 is 0. The summed E-state index contributed by atoms with van der Waals surface area (Å²) in [5, 5.41) is 8.06. The second-order valence-electron chi connectivity index (χ2n) is 3.79. The van der Waals surface area contributed by atoms with Crippen LogP contribution >= 0.6 is 0 Å². The van der Waals surface area contributed by atoms with E-state index in [2.05, 4.69) is 43.3 Å². The molecule has 0 aromatic carbocycles. The molecule has 0 saturated heterocycles. The van der Waals surface area contributed by atoms with Gasteiger partial charge in [0.2, 0.25) is 0 Å². The SMILES string of the molecule is C=CC(=CC(C)CC)c1cc(C=C)cnn1. The molecule has 0 fully saturated rings. The molecule has 1 rings (SSSR count). The van der Waals surface area contributed by atoms with Gasteiger partial charge < -0.3 is 0 Å². The second-order valence-corrected chi connectivity index (χ2v) is 3.79. The van der Waals surface area contributed by atoms with E-state index in [1.807, 2.05) is 12.1 Å². The quantitative estimate of drug-likeness (QED) is 0.698. The van der Waals surface area contributed by atoms with E-state index in [1.165, 1.54) is 0 Å². The van der Waals surface area contributed by atoms with Gasteiger partial charge in [-0.2, -0.15) is 10.2 Å². The first-order valence-corrected chi connectivity index (χ1v) is 5.51. The van der Waals surface area contributed by atoms with Crippen molar-refractivity contribution >= 4 is 11.6 Å². The van der Waals surface area contributed by atoms with E-state index in [0.29, 0.717) is 5.92 Å². The molecule has 0 spiro atoms. The molecule has 1 atom stereocenters. The van der Waals surface area contributed by atoms with E-state index < -0.39 is 0 Å². The zero-order chi connectivity index (χ0) is 12.0. The van der Waals surface area contributed by atoms with Gasteiger partial charge in [0.15, 0.2) is 0 Å². The fourth-order valence-electron chi connectivity index (χ4n) is 1.32. The van der Waals surface area contributed by atoms with Gasteiger partial charge in [-0.1, -0.05) is 51.7 Å².